The average Bonchev–Trinajstić information content (AvgIpc) is 2.83. The fourth-order valence-corrected chi connectivity index (χ4v) is 32.9. The van der Waals surface area contributed by atoms with Gasteiger partial charge >= 0.3 is 129 Å². The van der Waals surface area contributed by atoms with Crippen LogP contribution in [0.4, 0.5) is 0 Å². The Bertz CT molecular complexity index is 525. The van der Waals surface area contributed by atoms with E-state index < -0.39 is 36.8 Å². The van der Waals surface area contributed by atoms with Crippen LogP contribution in [0.3, 0.4) is 0 Å². The second-order valence-corrected chi connectivity index (χ2v) is 37.3. The van der Waals surface area contributed by atoms with Gasteiger partial charge in [-0.1, -0.05) is 0 Å². The summed E-state index contributed by atoms with van der Waals surface area (Å²) in [4.78, 5) is 18.4. The van der Waals surface area contributed by atoms with Crippen LogP contribution in [0.2, 0.25) is 29.6 Å². The van der Waals surface area contributed by atoms with Crippen LogP contribution >= 0.6 is 22.7 Å². The topological polar surface area (TPSA) is 0 Å². The Morgan fingerprint density at radius 1 is 0.889 bits per heavy atom. The van der Waals surface area contributed by atoms with E-state index in [1.54, 1.807) is 8.46 Å². The molecular formula is C14H22S2Sn2. The Morgan fingerprint density at radius 2 is 1.56 bits per heavy atom. The van der Waals surface area contributed by atoms with Crippen molar-refractivity contribution in [3.63, 3.8) is 0 Å². The molecule has 2 aromatic rings. The average molecular weight is 492 g/mol. The van der Waals surface area contributed by atoms with E-state index in [2.05, 4.69) is 52.5 Å². The third-order valence-corrected chi connectivity index (χ3v) is 19.8. The van der Waals surface area contributed by atoms with Gasteiger partial charge in [-0.3, -0.25) is 0 Å². The van der Waals surface area contributed by atoms with Crippen LogP contribution in [0.25, 0.3) is 9.75 Å². The van der Waals surface area contributed by atoms with E-state index in [1.165, 1.54) is 4.88 Å². The van der Waals surface area contributed by atoms with Crippen molar-refractivity contribution in [1.29, 1.82) is 0 Å². The van der Waals surface area contributed by atoms with Crippen LogP contribution in [-0.2, 0) is 0 Å². The predicted octanol–water partition coefficient (Wildman–Crippen LogP) is 4.57. The van der Waals surface area contributed by atoms with Gasteiger partial charge in [-0.2, -0.15) is 0 Å². The maximum atomic E-state index is 2.56. The van der Waals surface area contributed by atoms with Crippen molar-refractivity contribution in [2.75, 3.05) is 0 Å². The maximum absolute atomic E-state index is 2.56. The summed E-state index contributed by atoms with van der Waals surface area (Å²) in [5.41, 5.74) is 0. The van der Waals surface area contributed by atoms with Gasteiger partial charge in [0.1, 0.15) is 0 Å². The molecule has 0 nitrogen and oxygen atoms in total. The van der Waals surface area contributed by atoms with Crippen molar-refractivity contribution in [3.8, 4) is 9.75 Å². The SMILES string of the molecule is [CH3][Sn]([CH3])([CH3])[c]1csc(-c2cccs2)[c]1[Sn]([CH3])([CH3])[CH3]. The third-order valence-electron chi connectivity index (χ3n) is 3.09. The molecule has 2 heterocycles. The fraction of sp³-hybridized carbons (Fsp3) is 0.429. The van der Waals surface area contributed by atoms with Crippen LogP contribution in [0, 0.1) is 0 Å². The van der Waals surface area contributed by atoms with Crippen molar-refractivity contribution in [1.82, 2.24) is 0 Å². The first-order valence-electron chi connectivity index (χ1n) is 6.37. The van der Waals surface area contributed by atoms with Crippen LogP contribution in [0.1, 0.15) is 0 Å². The quantitative estimate of drug-likeness (QED) is 0.552. The molecule has 0 saturated heterocycles. The number of hydrogen-bond donors (Lipinski definition) is 0. The van der Waals surface area contributed by atoms with Crippen LogP contribution < -0.4 is 7.16 Å². The summed E-state index contributed by atoms with van der Waals surface area (Å²) in [6.45, 7) is 0. The molecule has 2 rings (SSSR count). The molecule has 2 aromatic heterocycles. The van der Waals surface area contributed by atoms with E-state index in [0.717, 1.165) is 0 Å². The van der Waals surface area contributed by atoms with Gasteiger partial charge in [0, 0.05) is 0 Å². The van der Waals surface area contributed by atoms with Crippen LogP contribution in [0.5, 0.6) is 0 Å². The Balaban J connectivity index is 2.67. The molecule has 0 unspecified atom stereocenters. The van der Waals surface area contributed by atoms with Crippen molar-refractivity contribution < 1.29 is 0 Å². The van der Waals surface area contributed by atoms with Gasteiger partial charge in [0.2, 0.25) is 0 Å². The minimum atomic E-state index is -2.04. The van der Waals surface area contributed by atoms with Crippen molar-refractivity contribution >= 4 is 66.6 Å². The van der Waals surface area contributed by atoms with Crippen LogP contribution in [0.15, 0.2) is 22.9 Å². The summed E-state index contributed by atoms with van der Waals surface area (Å²) in [7, 11) is 0. The second-order valence-electron chi connectivity index (χ2n) is 6.83. The van der Waals surface area contributed by atoms with Crippen LogP contribution in [-0.4, -0.2) is 36.8 Å². The van der Waals surface area contributed by atoms with Gasteiger partial charge in [0.05, 0.1) is 0 Å². The molecule has 0 fully saturated rings. The molecule has 18 heavy (non-hydrogen) atoms. The molecule has 0 N–H and O–H groups in total. The zero-order chi connectivity index (χ0) is 13.6. The molecule has 0 aromatic carbocycles. The number of thiophene rings is 2. The number of rotatable bonds is 3. The molecule has 0 radical (unpaired) electrons. The van der Waals surface area contributed by atoms with Gasteiger partial charge in [-0.25, -0.2) is 0 Å². The fourth-order valence-electron chi connectivity index (χ4n) is 2.24. The predicted molar refractivity (Wildman–Crippen MR) is 93.6 cm³/mol. The van der Waals surface area contributed by atoms with Crippen molar-refractivity contribution in [2.24, 2.45) is 0 Å². The minimum absolute atomic E-state index is 1.49. The van der Waals surface area contributed by atoms with Gasteiger partial charge in [-0.05, 0) is 0 Å². The monoisotopic (exact) mass is 494 g/mol. The Labute approximate surface area is 127 Å². The molecule has 4 heteroatoms. The van der Waals surface area contributed by atoms with Gasteiger partial charge in [0.25, 0.3) is 0 Å². The van der Waals surface area contributed by atoms with E-state index in [9.17, 15) is 0 Å². The summed E-state index contributed by atoms with van der Waals surface area (Å²) in [5, 5.41) is 4.71. The molecule has 0 aliphatic rings. The summed E-state index contributed by atoms with van der Waals surface area (Å²) in [6, 6.07) is 4.47. The molecule has 0 amide bonds. The first-order chi connectivity index (χ1) is 8.21. The summed E-state index contributed by atoms with van der Waals surface area (Å²) in [6.07, 6.45) is 0. The van der Waals surface area contributed by atoms with Crippen molar-refractivity contribution in [2.45, 2.75) is 29.6 Å². The molecule has 0 spiro atoms. The molecular weight excluding hydrogens is 470 g/mol. The first kappa shape index (κ1) is 15.4. The molecule has 98 valence electrons. The van der Waals surface area contributed by atoms with E-state index in [-0.39, 0.29) is 0 Å². The summed E-state index contributed by atoms with van der Waals surface area (Å²) < 4.78 is 3.64. The molecule has 0 bridgehead atoms. The summed E-state index contributed by atoms with van der Waals surface area (Å²) >= 11 is -0.112. The zero-order valence-electron chi connectivity index (χ0n) is 12.1. The molecule has 0 saturated carbocycles. The second kappa shape index (κ2) is 5.41. The van der Waals surface area contributed by atoms with E-state index >= 15 is 0 Å². The Hall–Kier alpha value is 0.997. The first-order valence-corrected chi connectivity index (χ1v) is 28.1. The third kappa shape index (κ3) is 3.18. The van der Waals surface area contributed by atoms with E-state index in [0.29, 0.717) is 0 Å². The molecule has 0 aliphatic heterocycles. The van der Waals surface area contributed by atoms with Gasteiger partial charge in [-0.15, -0.1) is 0 Å². The standard InChI is InChI=1S/C8H4S2.6CH3.2Sn/c1-3-7(9-5-1)8-4-2-6-10-8;;;;;;;;/h1,3,5-6H;6*1H3;;. The Morgan fingerprint density at radius 3 is 2.00 bits per heavy atom. The molecule has 0 atom stereocenters. The number of hydrogen-bond acceptors (Lipinski definition) is 2. The normalized spacial score (nSPS) is 13.0. The zero-order valence-corrected chi connectivity index (χ0v) is 19.5. The van der Waals surface area contributed by atoms with E-state index in [1.807, 2.05) is 26.3 Å². The van der Waals surface area contributed by atoms with Gasteiger partial charge in [0.15, 0.2) is 0 Å². The van der Waals surface area contributed by atoms with Crippen molar-refractivity contribution in [3.05, 3.63) is 22.9 Å². The van der Waals surface area contributed by atoms with Gasteiger partial charge < -0.3 is 0 Å². The van der Waals surface area contributed by atoms with E-state index in [4.69, 9.17) is 0 Å². The Kier molecular flexibility index (Phi) is 4.63. The summed E-state index contributed by atoms with van der Waals surface area (Å²) in [5.74, 6) is 0. The molecule has 0 aliphatic carbocycles.